The summed E-state index contributed by atoms with van der Waals surface area (Å²) in [4.78, 5) is 54.4. The third kappa shape index (κ3) is 5.70. The topological polar surface area (TPSA) is 119 Å². The first-order valence-electron chi connectivity index (χ1n) is 12.4. The molecule has 5 rings (SSSR count). The van der Waals surface area contributed by atoms with Gasteiger partial charge in [0, 0.05) is 48.5 Å². The maximum absolute atomic E-state index is 13.1. The lowest BCUT2D eigenvalue weighted by molar-refractivity contribution is -0.137. The van der Waals surface area contributed by atoms with Crippen molar-refractivity contribution >= 4 is 46.4 Å². The van der Waals surface area contributed by atoms with E-state index < -0.39 is 17.9 Å². The molecule has 0 bridgehead atoms. The molecule has 1 aromatic carbocycles. The van der Waals surface area contributed by atoms with Gasteiger partial charge in [0.2, 0.25) is 11.8 Å². The van der Waals surface area contributed by atoms with Crippen molar-refractivity contribution in [2.24, 2.45) is 11.8 Å². The van der Waals surface area contributed by atoms with Crippen molar-refractivity contribution in [3.05, 3.63) is 46.2 Å². The molecule has 0 spiro atoms. The van der Waals surface area contributed by atoms with E-state index in [1.165, 1.54) is 11.3 Å². The van der Waals surface area contributed by atoms with E-state index in [0.717, 1.165) is 36.2 Å². The Labute approximate surface area is 213 Å². The predicted octanol–water partition coefficient (Wildman–Crippen LogP) is 3.10. The van der Waals surface area contributed by atoms with Crippen molar-refractivity contribution in [1.29, 1.82) is 0 Å². The summed E-state index contributed by atoms with van der Waals surface area (Å²) >= 11 is 1.39. The van der Waals surface area contributed by atoms with Crippen LogP contribution in [0.5, 0.6) is 0 Å². The lowest BCUT2D eigenvalue weighted by atomic mass is 10.1. The Morgan fingerprint density at radius 2 is 1.72 bits per heavy atom. The molecule has 0 radical (unpaired) electrons. The average Bonchev–Trinajstić information content (AvgIpc) is 3.81. The van der Waals surface area contributed by atoms with E-state index in [-0.39, 0.29) is 30.1 Å². The second-order valence-corrected chi connectivity index (χ2v) is 10.7. The smallest absolute Gasteiger partial charge is 0.305 e. The van der Waals surface area contributed by atoms with Crippen molar-refractivity contribution in [2.75, 3.05) is 36.4 Å². The number of carbonyl (C=O) groups excluding carboxylic acids is 3. The zero-order valence-corrected chi connectivity index (χ0v) is 20.8. The van der Waals surface area contributed by atoms with Crippen molar-refractivity contribution in [1.82, 2.24) is 10.2 Å². The van der Waals surface area contributed by atoms with Crippen LogP contribution in [0.3, 0.4) is 0 Å². The van der Waals surface area contributed by atoms with E-state index in [1.54, 1.807) is 18.2 Å². The molecule has 9 nitrogen and oxygen atoms in total. The molecule has 1 saturated heterocycles. The fourth-order valence-electron chi connectivity index (χ4n) is 4.52. The van der Waals surface area contributed by atoms with E-state index in [0.29, 0.717) is 37.4 Å². The normalized spacial score (nSPS) is 18.4. The molecule has 3 amide bonds. The molecule has 190 valence electrons. The van der Waals surface area contributed by atoms with E-state index in [2.05, 4.69) is 15.5 Å². The Kier molecular flexibility index (Phi) is 6.95. The number of amides is 3. The fourth-order valence-corrected chi connectivity index (χ4v) is 5.30. The van der Waals surface area contributed by atoms with Crippen LogP contribution in [-0.4, -0.2) is 59.9 Å². The number of carboxylic acids is 1. The SMILES string of the molecule is O=C(O)CC(NC(=O)c1ccc(N2CCN(C(=O)C3CC3)CC2)c(NC(=O)C2CC2)c1)c1cccs1. The van der Waals surface area contributed by atoms with Crippen LogP contribution in [0.4, 0.5) is 11.4 Å². The van der Waals surface area contributed by atoms with E-state index >= 15 is 0 Å². The van der Waals surface area contributed by atoms with Gasteiger partial charge in [-0.1, -0.05) is 6.07 Å². The van der Waals surface area contributed by atoms with Gasteiger partial charge in [0.15, 0.2) is 0 Å². The molecule has 2 aliphatic carbocycles. The molecular formula is C26H30N4O5S. The number of rotatable bonds is 9. The monoisotopic (exact) mass is 510 g/mol. The lowest BCUT2D eigenvalue weighted by Crippen LogP contribution is -2.49. The highest BCUT2D eigenvalue weighted by atomic mass is 32.1. The Morgan fingerprint density at radius 3 is 2.33 bits per heavy atom. The Morgan fingerprint density at radius 1 is 1.00 bits per heavy atom. The number of piperazine rings is 1. The molecule has 3 fully saturated rings. The number of carboxylic acid groups (broad SMARTS) is 1. The van der Waals surface area contributed by atoms with Crippen LogP contribution in [0.1, 0.15) is 53.4 Å². The van der Waals surface area contributed by atoms with Crippen molar-refractivity contribution in [3.8, 4) is 0 Å². The Balaban J connectivity index is 1.33. The summed E-state index contributed by atoms with van der Waals surface area (Å²) < 4.78 is 0. The van der Waals surface area contributed by atoms with Gasteiger partial charge in [-0.3, -0.25) is 19.2 Å². The van der Waals surface area contributed by atoms with E-state index in [4.69, 9.17) is 0 Å². The molecule has 2 saturated carbocycles. The third-order valence-electron chi connectivity index (χ3n) is 6.89. The highest BCUT2D eigenvalue weighted by Gasteiger charge is 2.35. The van der Waals surface area contributed by atoms with Gasteiger partial charge < -0.3 is 25.5 Å². The molecule has 3 N–H and O–H groups in total. The van der Waals surface area contributed by atoms with Gasteiger partial charge in [0.25, 0.3) is 5.91 Å². The van der Waals surface area contributed by atoms with Gasteiger partial charge >= 0.3 is 5.97 Å². The highest BCUT2D eigenvalue weighted by molar-refractivity contribution is 7.10. The summed E-state index contributed by atoms with van der Waals surface area (Å²) in [6, 6.07) is 8.17. The van der Waals surface area contributed by atoms with Crippen LogP contribution in [0.2, 0.25) is 0 Å². The number of aliphatic carboxylic acids is 1. The molecule has 36 heavy (non-hydrogen) atoms. The number of thiophene rings is 1. The summed E-state index contributed by atoms with van der Waals surface area (Å²) in [5.41, 5.74) is 1.73. The molecule has 2 heterocycles. The number of anilines is 2. The zero-order valence-electron chi connectivity index (χ0n) is 19.9. The number of hydrogen-bond acceptors (Lipinski definition) is 6. The molecular weight excluding hydrogens is 480 g/mol. The highest BCUT2D eigenvalue weighted by Crippen LogP contribution is 2.35. The van der Waals surface area contributed by atoms with Crippen molar-refractivity contribution in [2.45, 2.75) is 38.1 Å². The van der Waals surface area contributed by atoms with Crippen LogP contribution in [0.15, 0.2) is 35.7 Å². The van der Waals surface area contributed by atoms with Crippen LogP contribution < -0.4 is 15.5 Å². The second-order valence-electron chi connectivity index (χ2n) is 9.72. The van der Waals surface area contributed by atoms with Crippen LogP contribution in [-0.2, 0) is 14.4 Å². The van der Waals surface area contributed by atoms with Crippen molar-refractivity contribution < 1.29 is 24.3 Å². The van der Waals surface area contributed by atoms with Gasteiger partial charge in [-0.05, 0) is 55.3 Å². The largest absolute Gasteiger partial charge is 0.481 e. The quantitative estimate of drug-likeness (QED) is 0.477. The maximum Gasteiger partial charge on any atom is 0.305 e. The van der Waals surface area contributed by atoms with Gasteiger partial charge in [-0.15, -0.1) is 11.3 Å². The molecule has 10 heteroatoms. The summed E-state index contributed by atoms with van der Waals surface area (Å²) in [6.07, 6.45) is 3.47. The first kappa shape index (κ1) is 24.3. The third-order valence-corrected chi connectivity index (χ3v) is 7.88. The Hall–Kier alpha value is -3.40. The fraction of sp³-hybridized carbons (Fsp3) is 0.462. The van der Waals surface area contributed by atoms with Crippen LogP contribution >= 0.6 is 11.3 Å². The van der Waals surface area contributed by atoms with E-state index in [9.17, 15) is 24.3 Å². The number of nitrogens with one attached hydrogen (secondary N) is 2. The minimum absolute atomic E-state index is 0.00196. The van der Waals surface area contributed by atoms with Gasteiger partial charge in [-0.2, -0.15) is 0 Å². The van der Waals surface area contributed by atoms with Crippen LogP contribution in [0, 0.1) is 11.8 Å². The molecule has 1 aliphatic heterocycles. The summed E-state index contributed by atoms with van der Waals surface area (Å²) in [5, 5.41) is 17.0. The number of nitrogens with zero attached hydrogens (tertiary/aromatic N) is 2. The predicted molar refractivity (Wildman–Crippen MR) is 136 cm³/mol. The van der Waals surface area contributed by atoms with Crippen molar-refractivity contribution in [3.63, 3.8) is 0 Å². The van der Waals surface area contributed by atoms with Crippen LogP contribution in [0.25, 0.3) is 0 Å². The minimum Gasteiger partial charge on any atom is -0.481 e. The van der Waals surface area contributed by atoms with E-state index in [1.807, 2.05) is 22.4 Å². The summed E-state index contributed by atoms with van der Waals surface area (Å²) in [5.74, 6) is -1.02. The lowest BCUT2D eigenvalue weighted by Gasteiger charge is -2.37. The van der Waals surface area contributed by atoms with Gasteiger partial charge in [-0.25, -0.2) is 0 Å². The molecule has 3 aliphatic rings. The average molecular weight is 511 g/mol. The summed E-state index contributed by atoms with van der Waals surface area (Å²) in [7, 11) is 0. The summed E-state index contributed by atoms with van der Waals surface area (Å²) in [6.45, 7) is 2.56. The number of benzene rings is 1. The number of carbonyl (C=O) groups is 4. The molecule has 2 aromatic rings. The second kappa shape index (κ2) is 10.3. The molecule has 1 atom stereocenters. The van der Waals surface area contributed by atoms with Gasteiger partial charge in [0.1, 0.15) is 0 Å². The molecule has 1 unspecified atom stereocenters. The minimum atomic E-state index is -0.999. The first-order chi connectivity index (χ1) is 17.4. The maximum atomic E-state index is 13.1. The molecule has 1 aromatic heterocycles. The Bertz CT molecular complexity index is 1150. The number of hydrogen-bond donors (Lipinski definition) is 3. The van der Waals surface area contributed by atoms with Gasteiger partial charge in [0.05, 0.1) is 23.8 Å². The standard InChI is InChI=1S/C26H30N4O5S/c31-23(32)15-20(22-2-1-13-36-22)28-25(34)18-7-8-21(19(14-18)27-24(33)16-3-4-16)29-9-11-30(12-10-29)26(35)17-5-6-17/h1-2,7-8,13-14,16-17,20H,3-6,9-12,15H2,(H,27,33)(H,28,34)(H,31,32). The zero-order chi connectivity index (χ0) is 25.2. The first-order valence-corrected chi connectivity index (χ1v) is 13.3.